The molecule has 1 fully saturated rings. The smallest absolute Gasteiger partial charge is 0.293 e. The van der Waals surface area contributed by atoms with Gasteiger partial charge in [0.25, 0.3) is 5.56 Å². The van der Waals surface area contributed by atoms with E-state index in [4.69, 9.17) is 0 Å². The van der Waals surface area contributed by atoms with E-state index in [1.165, 1.54) is 58.8 Å². The standard InChI is InChI=1S/C24H21FN6O2S/c1-31-11-19(30-23(24(31)33)28-14-9-26-27-10-14)17-5-4-16(25)18(29-17)8-20(32)21-7-15-12-2-3-13(6-12)22(15)34-21/h4-5,7,9-13H,2-3,6,8H2,1H3,(H,26,27)(H,28,30). The molecular weight excluding hydrogens is 455 g/mol. The van der Waals surface area contributed by atoms with Crippen molar-refractivity contribution < 1.29 is 9.18 Å². The van der Waals surface area contributed by atoms with E-state index in [0.29, 0.717) is 33.8 Å². The fraction of sp³-hybridized carbons (Fsp3) is 0.292. The third-order valence-corrected chi connectivity index (χ3v) is 8.00. The van der Waals surface area contributed by atoms with Crippen molar-refractivity contribution in [2.24, 2.45) is 7.05 Å². The predicted octanol–water partition coefficient (Wildman–Crippen LogP) is 4.30. The van der Waals surface area contributed by atoms with Gasteiger partial charge in [-0.3, -0.25) is 14.7 Å². The first kappa shape index (κ1) is 20.9. The molecule has 2 atom stereocenters. The lowest BCUT2D eigenvalue weighted by Gasteiger charge is -2.09. The lowest BCUT2D eigenvalue weighted by Crippen LogP contribution is -2.21. The quantitative estimate of drug-likeness (QED) is 0.402. The van der Waals surface area contributed by atoms with Crippen LogP contribution in [0.4, 0.5) is 15.9 Å². The van der Waals surface area contributed by atoms with Crippen LogP contribution in [0.2, 0.25) is 0 Å². The van der Waals surface area contributed by atoms with Crippen molar-refractivity contribution >= 4 is 28.6 Å². The largest absolute Gasteiger partial charge is 0.333 e. The molecule has 6 rings (SSSR count). The van der Waals surface area contributed by atoms with E-state index < -0.39 is 5.82 Å². The van der Waals surface area contributed by atoms with Gasteiger partial charge in [-0.15, -0.1) is 11.3 Å². The van der Waals surface area contributed by atoms with Crippen LogP contribution in [0.3, 0.4) is 0 Å². The number of aromatic amines is 1. The number of aromatic nitrogens is 5. The van der Waals surface area contributed by atoms with E-state index in [1.54, 1.807) is 24.6 Å². The maximum atomic E-state index is 14.6. The lowest BCUT2D eigenvalue weighted by molar-refractivity contribution is 0.0994. The SMILES string of the molecule is Cn1cc(-c2ccc(F)c(CC(=O)c3cc4c(s3)C3CCC4C3)n2)nc(Nc2cn[nH]c2)c1=O. The summed E-state index contributed by atoms with van der Waals surface area (Å²) >= 11 is 1.56. The van der Waals surface area contributed by atoms with E-state index in [1.807, 2.05) is 6.07 Å². The van der Waals surface area contributed by atoms with Gasteiger partial charge in [0.2, 0.25) is 0 Å². The fourth-order valence-electron chi connectivity index (χ4n) is 4.95. The Hall–Kier alpha value is -3.66. The number of halogens is 1. The van der Waals surface area contributed by atoms with Crippen LogP contribution in [-0.2, 0) is 13.5 Å². The lowest BCUT2D eigenvalue weighted by atomic mass is 9.98. The molecule has 8 nitrogen and oxygen atoms in total. The van der Waals surface area contributed by atoms with E-state index >= 15 is 0 Å². The number of nitrogens with zero attached hydrogens (tertiary/aromatic N) is 4. The van der Waals surface area contributed by atoms with Gasteiger partial charge in [-0.2, -0.15) is 5.10 Å². The molecule has 2 bridgehead atoms. The number of anilines is 2. The van der Waals surface area contributed by atoms with Gasteiger partial charge in [0.05, 0.1) is 34.6 Å². The van der Waals surface area contributed by atoms with Crippen molar-refractivity contribution in [3.63, 3.8) is 0 Å². The van der Waals surface area contributed by atoms with Crippen LogP contribution in [0, 0.1) is 5.82 Å². The molecule has 2 N–H and O–H groups in total. The number of Topliss-reactive ketones (excluding diaryl/α,β-unsaturated/α-hetero) is 1. The Balaban J connectivity index is 1.29. The number of pyridine rings is 1. The first-order chi connectivity index (χ1) is 16.5. The number of carbonyl (C=O) groups is 1. The molecule has 172 valence electrons. The second-order valence-electron chi connectivity index (χ2n) is 8.86. The highest BCUT2D eigenvalue weighted by atomic mass is 32.1. The second-order valence-corrected chi connectivity index (χ2v) is 9.95. The number of H-pyrrole nitrogens is 1. The summed E-state index contributed by atoms with van der Waals surface area (Å²) in [5.41, 5.74) is 2.40. The monoisotopic (exact) mass is 476 g/mol. The Morgan fingerprint density at radius 3 is 2.91 bits per heavy atom. The third kappa shape index (κ3) is 3.54. The Morgan fingerprint density at radius 2 is 2.12 bits per heavy atom. The second kappa shape index (κ2) is 7.98. The highest BCUT2D eigenvalue weighted by Crippen LogP contribution is 2.55. The van der Waals surface area contributed by atoms with Gasteiger partial charge in [0, 0.05) is 24.3 Å². The number of hydrogen-bond acceptors (Lipinski definition) is 7. The van der Waals surface area contributed by atoms with Gasteiger partial charge in [-0.05, 0) is 54.9 Å². The molecule has 4 aromatic rings. The van der Waals surface area contributed by atoms with Gasteiger partial charge in [-0.25, -0.2) is 14.4 Å². The summed E-state index contributed by atoms with van der Waals surface area (Å²) in [6.07, 6.45) is 8.14. The Bertz CT molecular complexity index is 1450. The molecule has 10 heteroatoms. The predicted molar refractivity (Wildman–Crippen MR) is 126 cm³/mol. The summed E-state index contributed by atoms with van der Waals surface area (Å²) in [5, 5.41) is 9.43. The van der Waals surface area contributed by atoms with Crippen molar-refractivity contribution in [1.82, 2.24) is 24.7 Å². The van der Waals surface area contributed by atoms with E-state index in [9.17, 15) is 14.0 Å². The normalized spacial score (nSPS) is 18.3. The summed E-state index contributed by atoms with van der Waals surface area (Å²) < 4.78 is 16.0. The molecule has 0 aliphatic heterocycles. The zero-order chi connectivity index (χ0) is 23.4. The molecule has 0 spiro atoms. The van der Waals surface area contributed by atoms with Crippen molar-refractivity contribution in [2.45, 2.75) is 37.5 Å². The van der Waals surface area contributed by atoms with Crippen LogP contribution >= 0.6 is 11.3 Å². The average molecular weight is 477 g/mol. The molecule has 0 amide bonds. The van der Waals surface area contributed by atoms with Crippen molar-refractivity contribution in [2.75, 3.05) is 5.32 Å². The third-order valence-electron chi connectivity index (χ3n) is 6.65. The number of ketones is 1. The van der Waals surface area contributed by atoms with Crippen LogP contribution in [0.25, 0.3) is 11.4 Å². The van der Waals surface area contributed by atoms with Crippen LogP contribution in [0.5, 0.6) is 0 Å². The first-order valence-corrected chi connectivity index (χ1v) is 11.9. The number of nitrogens with one attached hydrogen (secondary N) is 2. The highest BCUT2D eigenvalue weighted by Gasteiger charge is 2.39. The zero-order valence-electron chi connectivity index (χ0n) is 18.3. The van der Waals surface area contributed by atoms with Gasteiger partial charge < -0.3 is 9.88 Å². The fourth-order valence-corrected chi connectivity index (χ4v) is 6.29. The number of fused-ring (bicyclic) bond motifs is 5. The molecule has 0 radical (unpaired) electrons. The van der Waals surface area contributed by atoms with Gasteiger partial charge in [-0.1, -0.05) is 0 Å². The number of carbonyl (C=O) groups excluding carboxylic acids is 1. The minimum absolute atomic E-state index is 0.0685. The summed E-state index contributed by atoms with van der Waals surface area (Å²) in [7, 11) is 1.60. The summed E-state index contributed by atoms with van der Waals surface area (Å²) in [6.45, 7) is 0. The molecule has 2 unspecified atom stereocenters. The molecule has 0 aromatic carbocycles. The Kier molecular flexibility index (Phi) is 4.91. The number of rotatable bonds is 6. The summed E-state index contributed by atoms with van der Waals surface area (Å²) in [5.74, 6) is 0.593. The molecule has 34 heavy (non-hydrogen) atoms. The maximum absolute atomic E-state index is 14.6. The van der Waals surface area contributed by atoms with E-state index in [0.717, 1.165) is 0 Å². The Morgan fingerprint density at radius 1 is 1.26 bits per heavy atom. The highest BCUT2D eigenvalue weighted by molar-refractivity contribution is 7.14. The molecule has 2 aliphatic rings. The van der Waals surface area contributed by atoms with Gasteiger partial charge in [0.1, 0.15) is 11.5 Å². The summed E-state index contributed by atoms with van der Waals surface area (Å²) in [6, 6.07) is 4.79. The van der Waals surface area contributed by atoms with Gasteiger partial charge >= 0.3 is 0 Å². The van der Waals surface area contributed by atoms with E-state index in [2.05, 4.69) is 25.5 Å². The van der Waals surface area contributed by atoms with Crippen molar-refractivity contribution in [1.29, 1.82) is 0 Å². The van der Waals surface area contributed by atoms with Crippen LogP contribution < -0.4 is 10.9 Å². The van der Waals surface area contributed by atoms with Crippen LogP contribution in [0.1, 0.15) is 56.9 Å². The molecule has 1 saturated carbocycles. The number of aryl methyl sites for hydroxylation is 1. The number of thiophene rings is 1. The van der Waals surface area contributed by atoms with Gasteiger partial charge in [0.15, 0.2) is 11.6 Å². The van der Waals surface area contributed by atoms with Crippen LogP contribution in [-0.4, -0.2) is 30.5 Å². The topological polar surface area (TPSA) is 106 Å². The minimum Gasteiger partial charge on any atom is -0.333 e. The number of hydrogen-bond donors (Lipinski definition) is 2. The minimum atomic E-state index is -0.539. The van der Waals surface area contributed by atoms with Crippen molar-refractivity contribution in [3.8, 4) is 11.4 Å². The van der Waals surface area contributed by atoms with Crippen molar-refractivity contribution in [3.05, 3.63) is 74.0 Å². The molecular formula is C24H21FN6O2S. The van der Waals surface area contributed by atoms with E-state index in [-0.39, 0.29) is 29.3 Å². The molecule has 0 saturated heterocycles. The Labute approximate surface area is 197 Å². The maximum Gasteiger partial charge on any atom is 0.293 e. The molecule has 4 aromatic heterocycles. The molecule has 4 heterocycles. The molecule has 2 aliphatic carbocycles. The van der Waals surface area contributed by atoms with Crippen LogP contribution in [0.15, 0.2) is 41.6 Å². The zero-order valence-corrected chi connectivity index (χ0v) is 19.2. The average Bonchev–Trinajstić information content (AvgIpc) is 3.61. The summed E-state index contributed by atoms with van der Waals surface area (Å²) in [4.78, 5) is 36.3. The first-order valence-electron chi connectivity index (χ1n) is 11.1.